The van der Waals surface area contributed by atoms with Crippen LogP contribution in [0.1, 0.15) is 49.3 Å². The average molecular weight is 626 g/mol. The second-order valence-corrected chi connectivity index (χ2v) is 11.1. The Balaban J connectivity index is 1.52. The van der Waals surface area contributed by atoms with E-state index in [-0.39, 0.29) is 51.9 Å². The molecule has 0 radical (unpaired) electrons. The minimum Gasteiger partial charge on any atom is -0.488 e. The van der Waals surface area contributed by atoms with Gasteiger partial charge in [0.2, 0.25) is 5.95 Å². The maximum Gasteiger partial charge on any atom is 0.471 e. The van der Waals surface area contributed by atoms with Gasteiger partial charge in [0.05, 0.1) is 24.5 Å². The number of halogens is 3. The largest absolute Gasteiger partial charge is 0.488 e. The van der Waals surface area contributed by atoms with Gasteiger partial charge in [0.25, 0.3) is 11.5 Å². The summed E-state index contributed by atoms with van der Waals surface area (Å²) in [7, 11) is 0. The number of nitrogens with zero attached hydrogens (tertiary/aromatic N) is 4. The van der Waals surface area contributed by atoms with Crippen LogP contribution in [0.3, 0.4) is 0 Å². The maximum absolute atomic E-state index is 13.5. The van der Waals surface area contributed by atoms with Gasteiger partial charge in [0.15, 0.2) is 16.9 Å². The fraction of sp³-hybridized carbons (Fsp3) is 0.300. The molecule has 4 rings (SSSR count). The summed E-state index contributed by atoms with van der Waals surface area (Å²) in [5, 5.41) is 2.65. The zero-order valence-corrected chi connectivity index (χ0v) is 24.7. The lowest BCUT2D eigenvalue weighted by Gasteiger charge is -2.24. The quantitative estimate of drug-likeness (QED) is 0.252. The summed E-state index contributed by atoms with van der Waals surface area (Å²) in [4.78, 5) is 64.2. The molecule has 2 amide bonds. The summed E-state index contributed by atoms with van der Waals surface area (Å²) in [5.41, 5.74) is 4.40. The normalized spacial score (nSPS) is 12.4. The Kier molecular flexibility index (Phi) is 9.21. The Morgan fingerprint density at radius 1 is 1.02 bits per heavy atom. The number of carbonyl (C=O) groups excluding carboxylic acids is 3. The lowest BCUT2D eigenvalue weighted by Crippen LogP contribution is -2.42. The topological polar surface area (TPSA) is 173 Å². The number of alkyl halides is 3. The molecule has 4 N–H and O–H groups in total. The Morgan fingerprint density at radius 3 is 2.24 bits per heavy atom. The summed E-state index contributed by atoms with van der Waals surface area (Å²) in [6.07, 6.45) is -3.99. The van der Waals surface area contributed by atoms with E-state index in [2.05, 4.69) is 25.3 Å². The van der Waals surface area contributed by atoms with Crippen molar-refractivity contribution in [3.05, 3.63) is 81.9 Å². The number of anilines is 2. The second-order valence-electron chi connectivity index (χ2n) is 11.1. The van der Waals surface area contributed by atoms with Crippen LogP contribution in [0.5, 0.6) is 5.75 Å². The molecule has 12 nitrogen and oxygen atoms in total. The summed E-state index contributed by atoms with van der Waals surface area (Å²) in [6.45, 7) is 6.37. The zero-order valence-electron chi connectivity index (χ0n) is 24.7. The molecule has 1 atom stereocenters. The lowest BCUT2D eigenvalue weighted by molar-refractivity contribution is -0.170. The summed E-state index contributed by atoms with van der Waals surface area (Å²) >= 11 is 0. The number of hydrogen-bond acceptors (Lipinski definition) is 9. The highest BCUT2D eigenvalue weighted by molar-refractivity contribution is 6.00. The van der Waals surface area contributed by atoms with E-state index in [0.717, 1.165) is 23.9 Å². The van der Waals surface area contributed by atoms with Crippen molar-refractivity contribution in [1.29, 1.82) is 0 Å². The number of hydrogen-bond donors (Lipinski definition) is 3. The molecule has 4 aromatic rings. The van der Waals surface area contributed by atoms with E-state index >= 15 is 0 Å². The number of benzene rings is 2. The van der Waals surface area contributed by atoms with Crippen LogP contribution in [0.25, 0.3) is 11.2 Å². The number of ketones is 1. The minimum atomic E-state index is -5.25. The molecule has 0 fully saturated rings. The van der Waals surface area contributed by atoms with Crippen LogP contribution < -0.4 is 26.2 Å². The highest BCUT2D eigenvalue weighted by atomic mass is 19.4. The Morgan fingerprint density at radius 2 is 1.67 bits per heavy atom. The highest BCUT2D eigenvalue weighted by Crippen LogP contribution is 2.26. The first kappa shape index (κ1) is 32.6. The number of nitrogens with one attached hydrogen (secondary N) is 2. The molecular formula is C30H30F3N7O5. The van der Waals surface area contributed by atoms with Gasteiger partial charge in [0.1, 0.15) is 11.4 Å². The lowest BCUT2D eigenvalue weighted by atomic mass is 10.0. The number of aromatic amines is 1. The SMILES string of the molecule is CC(=O)[C@H](Cc1ccc(OC(C)(C)C)cc1)NC(=O)c1ccc(N(Cc2cnc3nc(N)[nH]c(=O)c3n2)C(=O)C(F)(F)F)cc1. The highest BCUT2D eigenvalue weighted by Gasteiger charge is 2.43. The molecule has 236 valence electrons. The molecule has 2 aromatic heterocycles. The first-order valence-corrected chi connectivity index (χ1v) is 13.6. The van der Waals surface area contributed by atoms with Crippen molar-refractivity contribution in [1.82, 2.24) is 25.3 Å². The maximum atomic E-state index is 13.5. The van der Waals surface area contributed by atoms with E-state index in [1.54, 1.807) is 24.3 Å². The molecule has 45 heavy (non-hydrogen) atoms. The van der Waals surface area contributed by atoms with Gasteiger partial charge in [-0.15, -0.1) is 0 Å². The number of fused-ring (bicyclic) bond motifs is 1. The predicted octanol–water partition coefficient (Wildman–Crippen LogP) is 3.50. The fourth-order valence-electron chi connectivity index (χ4n) is 4.26. The third-order valence-electron chi connectivity index (χ3n) is 6.32. The van der Waals surface area contributed by atoms with Crippen molar-refractivity contribution in [2.24, 2.45) is 0 Å². The van der Waals surface area contributed by atoms with Crippen LogP contribution in [-0.2, 0) is 22.6 Å². The molecule has 2 heterocycles. The Hall–Kier alpha value is -5.34. The van der Waals surface area contributed by atoms with Crippen LogP contribution in [0.4, 0.5) is 24.8 Å². The van der Waals surface area contributed by atoms with Gasteiger partial charge >= 0.3 is 12.1 Å². The van der Waals surface area contributed by atoms with E-state index in [1.165, 1.54) is 19.1 Å². The van der Waals surface area contributed by atoms with Gasteiger partial charge in [-0.3, -0.25) is 29.1 Å². The molecule has 15 heteroatoms. The summed E-state index contributed by atoms with van der Waals surface area (Å²) < 4.78 is 46.4. The van der Waals surface area contributed by atoms with Crippen LogP contribution >= 0.6 is 0 Å². The van der Waals surface area contributed by atoms with Crippen molar-refractivity contribution >= 4 is 40.4 Å². The molecule has 0 aliphatic rings. The van der Waals surface area contributed by atoms with E-state index in [0.29, 0.717) is 10.6 Å². The van der Waals surface area contributed by atoms with Gasteiger partial charge in [-0.1, -0.05) is 12.1 Å². The number of H-pyrrole nitrogens is 1. The van der Waals surface area contributed by atoms with Crippen molar-refractivity contribution < 1.29 is 32.3 Å². The van der Waals surface area contributed by atoms with Crippen molar-refractivity contribution in [3.8, 4) is 5.75 Å². The van der Waals surface area contributed by atoms with E-state index < -0.39 is 36.1 Å². The predicted molar refractivity (Wildman–Crippen MR) is 159 cm³/mol. The molecular weight excluding hydrogens is 595 g/mol. The van der Waals surface area contributed by atoms with Crippen molar-refractivity contribution in [3.63, 3.8) is 0 Å². The van der Waals surface area contributed by atoms with Gasteiger partial charge in [-0.05, 0) is 76.1 Å². The number of nitrogens with two attached hydrogens (primary N) is 1. The van der Waals surface area contributed by atoms with Gasteiger partial charge in [-0.2, -0.15) is 18.2 Å². The number of aromatic nitrogens is 4. The first-order chi connectivity index (χ1) is 21.0. The smallest absolute Gasteiger partial charge is 0.471 e. The molecule has 0 saturated heterocycles. The third kappa shape index (κ3) is 8.40. The number of rotatable bonds is 9. The van der Waals surface area contributed by atoms with E-state index in [1.807, 2.05) is 20.8 Å². The number of carbonyl (C=O) groups is 3. The second kappa shape index (κ2) is 12.7. The molecule has 0 unspecified atom stereocenters. The molecule has 2 aromatic carbocycles. The standard InChI is InChI=1S/C30H30F3N7O5/c1-16(41)22(13-17-5-11-21(12-6-17)45-29(2,3)4)37-25(42)18-7-9-20(10-8-18)40(27(44)30(31,32)33)15-19-14-35-24-23(36-19)26(43)39-28(34)38-24/h5-12,14,22H,13,15H2,1-4H3,(H,37,42)(H3,34,35,38,39,43)/t22-/m0/s1. The monoisotopic (exact) mass is 625 g/mol. The molecule has 0 aliphatic carbocycles. The average Bonchev–Trinajstić information content (AvgIpc) is 2.95. The number of Topliss-reactive ketones (excluding diaryl/α,β-unsaturated/α-hetero) is 1. The summed E-state index contributed by atoms with van der Waals surface area (Å²) in [6, 6.07) is 11.0. The van der Waals surface area contributed by atoms with Gasteiger partial charge in [-0.25, -0.2) is 9.97 Å². The van der Waals surface area contributed by atoms with Crippen LogP contribution in [0, 0.1) is 0 Å². The summed E-state index contributed by atoms with van der Waals surface area (Å²) in [5.74, 6) is -2.72. The zero-order chi connectivity index (χ0) is 33.1. The molecule has 0 saturated carbocycles. The van der Waals surface area contributed by atoms with Crippen LogP contribution in [0.2, 0.25) is 0 Å². The van der Waals surface area contributed by atoms with Crippen LogP contribution in [-0.4, -0.2) is 55.4 Å². The van der Waals surface area contributed by atoms with E-state index in [4.69, 9.17) is 10.5 Å². The van der Waals surface area contributed by atoms with Crippen LogP contribution in [0.15, 0.2) is 59.5 Å². The van der Waals surface area contributed by atoms with Crippen molar-refractivity contribution in [2.75, 3.05) is 10.6 Å². The third-order valence-corrected chi connectivity index (χ3v) is 6.32. The fourth-order valence-corrected chi connectivity index (χ4v) is 4.26. The van der Waals surface area contributed by atoms with Gasteiger partial charge < -0.3 is 15.8 Å². The van der Waals surface area contributed by atoms with Gasteiger partial charge in [0, 0.05) is 11.3 Å². The minimum absolute atomic E-state index is 0.0408. The van der Waals surface area contributed by atoms with Crippen molar-refractivity contribution in [2.45, 2.75) is 58.5 Å². The Labute approximate surface area is 254 Å². The first-order valence-electron chi connectivity index (χ1n) is 13.6. The number of amides is 2. The molecule has 0 aliphatic heterocycles. The molecule has 0 spiro atoms. The van der Waals surface area contributed by atoms with E-state index in [9.17, 15) is 32.3 Å². The Bertz CT molecular complexity index is 1780. The number of ether oxygens (including phenoxy) is 1. The molecule has 0 bridgehead atoms. The number of nitrogen functional groups attached to an aromatic ring is 1.